The van der Waals surface area contributed by atoms with Crippen LogP contribution >= 0.6 is 11.6 Å². The van der Waals surface area contributed by atoms with Crippen molar-refractivity contribution < 1.29 is 4.42 Å². The standard InChI is InChI=1S/C17H14ClN5O/c18-14-1-3-15(4-2-14)23-17(13-6-10-24-11-13)20-16(21-23)5-8-22-9-7-19-12-22/h1-4,6-7,9-12H,5,8H2. The molecule has 3 heterocycles. The Balaban J connectivity index is 1.69. The molecule has 3 aromatic heterocycles. The molecule has 1 aromatic carbocycles. The number of benzene rings is 1. The second-order valence-electron chi connectivity index (χ2n) is 5.30. The zero-order valence-electron chi connectivity index (χ0n) is 12.7. The van der Waals surface area contributed by atoms with Gasteiger partial charge in [-0.1, -0.05) is 11.6 Å². The molecule has 120 valence electrons. The summed E-state index contributed by atoms with van der Waals surface area (Å²) in [6.07, 6.45) is 9.47. The summed E-state index contributed by atoms with van der Waals surface area (Å²) >= 11 is 5.98. The van der Waals surface area contributed by atoms with Crippen molar-refractivity contribution in [2.24, 2.45) is 0 Å². The third-order valence-corrected chi connectivity index (χ3v) is 3.91. The molecule has 0 bridgehead atoms. The van der Waals surface area contributed by atoms with E-state index in [-0.39, 0.29) is 0 Å². The van der Waals surface area contributed by atoms with E-state index in [4.69, 9.17) is 16.0 Å². The van der Waals surface area contributed by atoms with Crippen LogP contribution in [-0.2, 0) is 13.0 Å². The van der Waals surface area contributed by atoms with Crippen molar-refractivity contribution in [2.75, 3.05) is 0 Å². The third kappa shape index (κ3) is 2.96. The Hall–Kier alpha value is -2.86. The second kappa shape index (κ2) is 6.33. The predicted octanol–water partition coefficient (Wildman–Crippen LogP) is 3.62. The number of aryl methyl sites for hydroxylation is 2. The van der Waals surface area contributed by atoms with Crippen molar-refractivity contribution in [3.63, 3.8) is 0 Å². The van der Waals surface area contributed by atoms with Gasteiger partial charge in [0.1, 0.15) is 6.26 Å². The fraction of sp³-hybridized carbons (Fsp3) is 0.118. The second-order valence-corrected chi connectivity index (χ2v) is 5.74. The lowest BCUT2D eigenvalue weighted by Crippen LogP contribution is -2.02. The number of aromatic nitrogens is 5. The van der Waals surface area contributed by atoms with E-state index in [0.717, 1.165) is 29.4 Å². The topological polar surface area (TPSA) is 61.7 Å². The average molecular weight is 340 g/mol. The van der Waals surface area contributed by atoms with Crippen LogP contribution in [0, 0.1) is 0 Å². The molecule has 4 rings (SSSR count). The first-order chi connectivity index (χ1) is 11.8. The minimum atomic E-state index is 0.684. The normalized spacial score (nSPS) is 11.0. The first-order valence-electron chi connectivity index (χ1n) is 7.50. The molecule has 0 unspecified atom stereocenters. The molecule has 0 saturated carbocycles. The van der Waals surface area contributed by atoms with E-state index >= 15 is 0 Å². The molecule has 0 aliphatic rings. The predicted molar refractivity (Wildman–Crippen MR) is 90.0 cm³/mol. The van der Waals surface area contributed by atoms with Crippen molar-refractivity contribution in [3.8, 4) is 17.1 Å². The van der Waals surface area contributed by atoms with Crippen LogP contribution < -0.4 is 0 Å². The van der Waals surface area contributed by atoms with Crippen molar-refractivity contribution in [2.45, 2.75) is 13.0 Å². The molecule has 0 saturated heterocycles. The lowest BCUT2D eigenvalue weighted by molar-refractivity contribution is 0.567. The van der Waals surface area contributed by atoms with Gasteiger partial charge in [-0.3, -0.25) is 0 Å². The Morgan fingerprint density at radius 2 is 2.00 bits per heavy atom. The highest BCUT2D eigenvalue weighted by atomic mass is 35.5. The highest BCUT2D eigenvalue weighted by Crippen LogP contribution is 2.23. The van der Waals surface area contributed by atoms with Gasteiger partial charge >= 0.3 is 0 Å². The first-order valence-corrected chi connectivity index (χ1v) is 7.87. The Kier molecular flexibility index (Phi) is 3.88. The Morgan fingerprint density at radius 3 is 2.71 bits per heavy atom. The summed E-state index contributed by atoms with van der Waals surface area (Å²) in [6, 6.07) is 9.38. The molecule has 0 atom stereocenters. The number of furan rings is 1. The quantitative estimate of drug-likeness (QED) is 0.557. The SMILES string of the molecule is Clc1ccc(-n2nc(CCn3ccnc3)nc2-c2ccoc2)cc1. The van der Waals surface area contributed by atoms with Gasteiger partial charge in [0, 0.05) is 30.4 Å². The summed E-state index contributed by atoms with van der Waals surface area (Å²) in [4.78, 5) is 8.72. The van der Waals surface area contributed by atoms with Crippen molar-refractivity contribution in [3.05, 3.63) is 72.4 Å². The maximum atomic E-state index is 5.98. The number of imidazole rings is 1. The molecule has 7 heteroatoms. The van der Waals surface area contributed by atoms with Crippen LogP contribution in [0.15, 0.2) is 66.0 Å². The largest absolute Gasteiger partial charge is 0.472 e. The van der Waals surface area contributed by atoms with Crippen LogP contribution in [0.4, 0.5) is 0 Å². The molecule has 24 heavy (non-hydrogen) atoms. The molecule has 0 amide bonds. The van der Waals surface area contributed by atoms with E-state index in [1.165, 1.54) is 0 Å². The number of rotatable bonds is 5. The van der Waals surface area contributed by atoms with Crippen LogP contribution in [0.5, 0.6) is 0 Å². The van der Waals surface area contributed by atoms with E-state index in [1.807, 2.05) is 45.8 Å². The van der Waals surface area contributed by atoms with Gasteiger partial charge in [-0.2, -0.15) is 5.10 Å². The van der Waals surface area contributed by atoms with Crippen LogP contribution in [0.2, 0.25) is 5.02 Å². The number of nitrogens with zero attached hydrogens (tertiary/aromatic N) is 5. The molecule has 0 aliphatic carbocycles. The Labute approximate surface area is 143 Å². The molecule has 0 radical (unpaired) electrons. The fourth-order valence-electron chi connectivity index (χ4n) is 2.45. The molecule has 0 aliphatic heterocycles. The zero-order chi connectivity index (χ0) is 16.4. The van der Waals surface area contributed by atoms with Crippen LogP contribution in [0.3, 0.4) is 0 Å². The minimum absolute atomic E-state index is 0.684. The molecule has 6 nitrogen and oxygen atoms in total. The molecular weight excluding hydrogens is 326 g/mol. The van der Waals surface area contributed by atoms with Gasteiger partial charge in [0.15, 0.2) is 11.6 Å². The lowest BCUT2D eigenvalue weighted by Gasteiger charge is -2.04. The van der Waals surface area contributed by atoms with Gasteiger partial charge in [0.05, 0.1) is 23.8 Å². The molecule has 0 N–H and O–H groups in total. The Bertz CT molecular complexity index is 911. The molecule has 0 spiro atoms. The Morgan fingerprint density at radius 1 is 1.12 bits per heavy atom. The van der Waals surface area contributed by atoms with Gasteiger partial charge in [0.2, 0.25) is 0 Å². The summed E-state index contributed by atoms with van der Waals surface area (Å²) < 4.78 is 9.00. The summed E-state index contributed by atoms with van der Waals surface area (Å²) in [5, 5.41) is 5.34. The van der Waals surface area contributed by atoms with Crippen molar-refractivity contribution in [1.29, 1.82) is 0 Å². The van der Waals surface area contributed by atoms with Gasteiger partial charge in [-0.25, -0.2) is 14.6 Å². The van der Waals surface area contributed by atoms with Gasteiger partial charge in [-0.15, -0.1) is 0 Å². The summed E-state index contributed by atoms with van der Waals surface area (Å²) in [5.41, 5.74) is 1.78. The smallest absolute Gasteiger partial charge is 0.166 e. The van der Waals surface area contributed by atoms with E-state index in [2.05, 4.69) is 15.1 Å². The average Bonchev–Trinajstić information content (AvgIpc) is 3.34. The maximum absolute atomic E-state index is 5.98. The number of hydrogen-bond acceptors (Lipinski definition) is 4. The van der Waals surface area contributed by atoms with Crippen LogP contribution in [-0.4, -0.2) is 24.3 Å². The van der Waals surface area contributed by atoms with E-state index in [0.29, 0.717) is 11.4 Å². The fourth-order valence-corrected chi connectivity index (χ4v) is 2.58. The van der Waals surface area contributed by atoms with Gasteiger partial charge in [-0.05, 0) is 30.3 Å². The minimum Gasteiger partial charge on any atom is -0.472 e. The summed E-state index contributed by atoms with van der Waals surface area (Å²) in [5.74, 6) is 1.50. The molecular formula is C17H14ClN5O. The van der Waals surface area contributed by atoms with Gasteiger partial charge in [0.25, 0.3) is 0 Å². The van der Waals surface area contributed by atoms with Crippen molar-refractivity contribution in [1.82, 2.24) is 24.3 Å². The number of halogens is 1. The van der Waals surface area contributed by atoms with E-state index in [1.54, 1.807) is 25.1 Å². The third-order valence-electron chi connectivity index (χ3n) is 3.65. The van der Waals surface area contributed by atoms with Crippen molar-refractivity contribution >= 4 is 11.6 Å². The van der Waals surface area contributed by atoms with E-state index in [9.17, 15) is 0 Å². The maximum Gasteiger partial charge on any atom is 0.166 e. The zero-order valence-corrected chi connectivity index (χ0v) is 13.5. The summed E-state index contributed by atoms with van der Waals surface area (Å²) in [6.45, 7) is 0.773. The molecule has 0 fully saturated rings. The number of hydrogen-bond donors (Lipinski definition) is 0. The molecule has 4 aromatic rings. The highest BCUT2D eigenvalue weighted by Gasteiger charge is 2.14. The van der Waals surface area contributed by atoms with E-state index < -0.39 is 0 Å². The van der Waals surface area contributed by atoms with Crippen LogP contribution in [0.25, 0.3) is 17.1 Å². The lowest BCUT2D eigenvalue weighted by atomic mass is 10.3. The monoisotopic (exact) mass is 339 g/mol. The summed E-state index contributed by atoms with van der Waals surface area (Å²) in [7, 11) is 0. The first kappa shape index (κ1) is 14.7. The van der Waals surface area contributed by atoms with Gasteiger partial charge < -0.3 is 8.98 Å². The van der Waals surface area contributed by atoms with Crippen LogP contribution in [0.1, 0.15) is 5.82 Å². The highest BCUT2D eigenvalue weighted by molar-refractivity contribution is 6.30.